The Labute approximate surface area is 287 Å². The molecule has 4 aromatic rings. The van der Waals surface area contributed by atoms with E-state index in [2.05, 4.69) is 123 Å². The van der Waals surface area contributed by atoms with Crippen LogP contribution in [0, 0.1) is 0 Å². The first-order valence-corrected chi connectivity index (χ1v) is 25.3. The van der Waals surface area contributed by atoms with Crippen LogP contribution in [-0.2, 0) is 20.0 Å². The van der Waals surface area contributed by atoms with Gasteiger partial charge in [-0.15, -0.1) is 24.8 Å². The predicted molar refractivity (Wildman–Crippen MR) is 195 cm³/mol. The van der Waals surface area contributed by atoms with Crippen LogP contribution in [0.1, 0.15) is 94.8 Å². The van der Waals surface area contributed by atoms with Crippen LogP contribution in [0.2, 0.25) is 7.35 Å². The first kappa shape index (κ1) is 32.7. The molecule has 1 saturated carbocycles. The summed E-state index contributed by atoms with van der Waals surface area (Å²) in [6.45, 7) is 4.81. The molecule has 232 valence electrons. The van der Waals surface area contributed by atoms with Crippen molar-refractivity contribution in [1.29, 1.82) is 0 Å². The molecule has 1 heterocycles. The van der Waals surface area contributed by atoms with Crippen molar-refractivity contribution < 1.29 is 20.0 Å². The van der Waals surface area contributed by atoms with Crippen LogP contribution in [0.5, 0.6) is 0 Å². The van der Waals surface area contributed by atoms with E-state index in [0.29, 0.717) is 0 Å². The summed E-state index contributed by atoms with van der Waals surface area (Å²) in [6.07, 6.45) is 16.3. The van der Waals surface area contributed by atoms with Gasteiger partial charge in [-0.25, -0.2) is 0 Å². The van der Waals surface area contributed by atoms with Crippen LogP contribution in [0.15, 0.2) is 108 Å². The molecule has 1 aliphatic heterocycles. The Morgan fingerprint density at radius 2 is 0.956 bits per heavy atom. The van der Waals surface area contributed by atoms with Gasteiger partial charge in [-0.2, -0.15) is 0 Å². The molecule has 0 bridgehead atoms. The van der Waals surface area contributed by atoms with Gasteiger partial charge in [-0.1, -0.05) is 0 Å². The molecule has 45 heavy (non-hydrogen) atoms. The molecule has 0 radical (unpaired) electrons. The van der Waals surface area contributed by atoms with E-state index in [9.17, 15) is 0 Å². The average Bonchev–Trinajstić information content (AvgIpc) is 3.33. The maximum absolute atomic E-state index is 3.16. The minimum Gasteiger partial charge on any atom is -0.147 e. The molecule has 4 aliphatic rings. The fourth-order valence-electron chi connectivity index (χ4n) is 10.1. The number of fused-ring (bicyclic) bond motifs is 3. The van der Waals surface area contributed by atoms with Crippen molar-refractivity contribution in [1.82, 2.24) is 0 Å². The summed E-state index contributed by atoms with van der Waals surface area (Å²) < 4.78 is 3.54. The van der Waals surface area contributed by atoms with E-state index in [-0.39, 0.29) is 24.8 Å². The number of benzene rings is 4. The molecule has 0 N–H and O–H groups in total. The summed E-state index contributed by atoms with van der Waals surface area (Å²) in [6, 6.07) is 37.1. The molecule has 0 aromatic heterocycles. The Hall–Kier alpha value is -2.19. The minimum atomic E-state index is -3.16. The quantitative estimate of drug-likeness (QED) is 0.156. The molecule has 3 heteroatoms. The number of allylic oxidation sites excluding steroid dienone is 2. The van der Waals surface area contributed by atoms with Gasteiger partial charge in [-0.3, -0.25) is 0 Å². The second-order valence-corrected chi connectivity index (χ2v) is 30.3. The third kappa shape index (κ3) is 5.21. The molecule has 2 fully saturated rings. The first-order chi connectivity index (χ1) is 21.3. The molecule has 4 unspecified atom stereocenters. The van der Waals surface area contributed by atoms with Crippen LogP contribution in [-0.4, -0.2) is 0 Å². The summed E-state index contributed by atoms with van der Waals surface area (Å²) in [5, 5.41) is 0. The topological polar surface area (TPSA) is 0 Å². The Balaban J connectivity index is 0.00000179. The van der Waals surface area contributed by atoms with Gasteiger partial charge >= 0.3 is 265 Å². The zero-order chi connectivity index (χ0) is 29.0. The Bertz CT molecular complexity index is 1590. The smallest absolute Gasteiger partial charge is 0.147 e. The summed E-state index contributed by atoms with van der Waals surface area (Å²) in [5.74, 6) is 0. The zero-order valence-corrected chi connectivity index (χ0v) is 31.9. The molecule has 3 aliphatic carbocycles. The third-order valence-electron chi connectivity index (χ3n) is 11.5. The third-order valence-corrected chi connectivity index (χ3v) is 36.4. The van der Waals surface area contributed by atoms with E-state index < -0.39 is 20.0 Å². The number of halogens is 2. The second kappa shape index (κ2) is 13.5. The van der Waals surface area contributed by atoms with E-state index in [0.717, 1.165) is 14.7 Å². The van der Waals surface area contributed by atoms with Gasteiger partial charge in [0.2, 0.25) is 0 Å². The molecule has 0 spiro atoms. The van der Waals surface area contributed by atoms with Crippen molar-refractivity contribution in [2.45, 2.75) is 79.9 Å². The Morgan fingerprint density at radius 3 is 1.36 bits per heavy atom. The number of hydrogen-bond acceptors (Lipinski definition) is 0. The van der Waals surface area contributed by atoms with Gasteiger partial charge in [0.25, 0.3) is 0 Å². The van der Waals surface area contributed by atoms with E-state index in [1.54, 1.807) is 33.4 Å². The molecular weight excluding hydrogens is 754 g/mol. The summed E-state index contributed by atoms with van der Waals surface area (Å²) >= 11 is -3.16. The van der Waals surface area contributed by atoms with E-state index in [4.69, 9.17) is 0 Å². The molecule has 4 aromatic carbocycles. The molecule has 1 saturated heterocycles. The summed E-state index contributed by atoms with van der Waals surface area (Å²) in [5.41, 5.74) is 15.8. The molecule has 0 nitrogen and oxygen atoms in total. The van der Waals surface area contributed by atoms with Crippen molar-refractivity contribution in [2.75, 3.05) is 0 Å². The van der Waals surface area contributed by atoms with E-state index in [1.807, 2.05) is 0 Å². The SMILES string of the molecule is CCCC1=Cc2c(-c3ccccc3)cccc2[CH]1[Hf]1([CH]2C(CCC)=Cc3c(-c4ccccc4)cccc32)[CH]2CCCC[CH]21.Cl.Cl. The van der Waals surface area contributed by atoms with Gasteiger partial charge in [0, 0.05) is 0 Å². The van der Waals surface area contributed by atoms with E-state index >= 15 is 0 Å². The molecule has 0 amide bonds. The van der Waals surface area contributed by atoms with Gasteiger partial charge in [-0.05, 0) is 0 Å². The van der Waals surface area contributed by atoms with Crippen molar-refractivity contribution in [3.63, 3.8) is 0 Å². The van der Waals surface area contributed by atoms with Crippen molar-refractivity contribution in [3.05, 3.63) is 130 Å². The van der Waals surface area contributed by atoms with Crippen molar-refractivity contribution in [2.24, 2.45) is 0 Å². The van der Waals surface area contributed by atoms with Crippen LogP contribution in [0.25, 0.3) is 34.4 Å². The molecule has 8 rings (SSSR count). The molecule has 4 atom stereocenters. The summed E-state index contributed by atoms with van der Waals surface area (Å²) in [4.78, 5) is 0. The summed E-state index contributed by atoms with van der Waals surface area (Å²) in [7, 11) is 0. The van der Waals surface area contributed by atoms with Crippen LogP contribution >= 0.6 is 24.8 Å². The van der Waals surface area contributed by atoms with Gasteiger partial charge in [0.05, 0.1) is 0 Å². The Morgan fingerprint density at radius 1 is 0.533 bits per heavy atom. The van der Waals surface area contributed by atoms with E-state index in [1.165, 1.54) is 73.6 Å². The zero-order valence-electron chi connectivity index (χ0n) is 26.7. The van der Waals surface area contributed by atoms with Gasteiger partial charge in [0.15, 0.2) is 0 Å². The second-order valence-electron chi connectivity index (χ2n) is 13.7. The monoisotopic (exact) mass is 800 g/mol. The van der Waals surface area contributed by atoms with Crippen LogP contribution in [0.4, 0.5) is 0 Å². The Kier molecular flexibility index (Phi) is 9.82. The average molecular weight is 800 g/mol. The fourth-order valence-corrected chi connectivity index (χ4v) is 45.5. The maximum Gasteiger partial charge on any atom is -0.147 e. The maximum atomic E-state index is 2.71. The van der Waals surface area contributed by atoms with Crippen LogP contribution in [0.3, 0.4) is 0 Å². The first-order valence-electron chi connectivity index (χ1n) is 17.0. The van der Waals surface area contributed by atoms with Gasteiger partial charge in [0.1, 0.15) is 0 Å². The predicted octanol–water partition coefficient (Wildman–Crippen LogP) is 13.4. The van der Waals surface area contributed by atoms with Crippen LogP contribution < -0.4 is 0 Å². The standard InChI is InChI=1S/2C18H17.C6H10.2ClH.Hf/c2*1-2-7-14-12-16-10-6-11-17(18(16)13-14)15-8-4-3-5-9-15;1-2-4-6-5-3-1;;;/h2*3-6,8-13H,2,7H2,1H3;1-2H,3-6H2;2*1H;. The van der Waals surface area contributed by atoms with Crippen molar-refractivity contribution >= 4 is 37.0 Å². The van der Waals surface area contributed by atoms with Gasteiger partial charge < -0.3 is 0 Å². The number of rotatable bonds is 8. The molecular formula is C42H46Cl2Hf. The number of hydrogen-bond donors (Lipinski definition) is 0. The minimum absolute atomic E-state index is 0. The normalized spacial score (nSPS) is 25.6. The largest absolute Gasteiger partial charge is 0.147 e. The fraction of sp³-hybridized carbons (Fsp3) is 0.333. The van der Waals surface area contributed by atoms with Crippen molar-refractivity contribution in [3.8, 4) is 22.3 Å².